The molecule has 0 radical (unpaired) electrons. The van der Waals surface area contributed by atoms with Gasteiger partial charge in [-0.15, -0.1) is 0 Å². The molecule has 0 spiro atoms. The van der Waals surface area contributed by atoms with Crippen LogP contribution >= 0.6 is 0 Å². The Balaban J connectivity index is 1.72. The van der Waals surface area contributed by atoms with E-state index >= 15 is 0 Å². The fourth-order valence-electron chi connectivity index (χ4n) is 1.48. The van der Waals surface area contributed by atoms with Crippen LogP contribution in [0.2, 0.25) is 0 Å². The molecule has 1 aromatic rings. The Kier molecular flexibility index (Phi) is 2.81. The first-order valence-electron chi connectivity index (χ1n) is 4.67. The van der Waals surface area contributed by atoms with Crippen LogP contribution in [0.25, 0.3) is 0 Å². The molecule has 2 heterocycles. The summed E-state index contributed by atoms with van der Waals surface area (Å²) in [5.74, 6) is 0.771. The number of aromatic nitrogens is 1. The SMILES string of the molecule is OC1(CNCc2cnco2)CCOC1. The Morgan fingerprint density at radius 3 is 3.21 bits per heavy atom. The summed E-state index contributed by atoms with van der Waals surface area (Å²) in [5.41, 5.74) is -0.708. The number of rotatable bonds is 4. The lowest BCUT2D eigenvalue weighted by Gasteiger charge is -2.20. The van der Waals surface area contributed by atoms with Crippen LogP contribution < -0.4 is 5.32 Å². The number of nitrogens with one attached hydrogen (secondary N) is 1. The molecule has 2 rings (SSSR count). The highest BCUT2D eigenvalue weighted by Crippen LogP contribution is 2.16. The number of oxazole rings is 1. The standard InChI is InChI=1S/C9H14N2O3/c12-9(1-2-13-6-9)5-10-3-8-4-11-7-14-8/h4,7,10,12H,1-3,5-6H2. The highest BCUT2D eigenvalue weighted by atomic mass is 16.5. The van der Waals surface area contributed by atoms with E-state index in [1.54, 1.807) is 6.20 Å². The van der Waals surface area contributed by atoms with E-state index in [4.69, 9.17) is 9.15 Å². The van der Waals surface area contributed by atoms with Crippen molar-refractivity contribution < 1.29 is 14.3 Å². The lowest BCUT2D eigenvalue weighted by atomic mass is 10.0. The average Bonchev–Trinajstić information content (AvgIpc) is 2.77. The minimum absolute atomic E-state index is 0.413. The zero-order chi connectivity index (χ0) is 9.86. The third-order valence-corrected chi connectivity index (χ3v) is 2.32. The van der Waals surface area contributed by atoms with Gasteiger partial charge in [-0.1, -0.05) is 0 Å². The van der Waals surface area contributed by atoms with Gasteiger partial charge in [-0.05, 0) is 0 Å². The molecule has 5 nitrogen and oxygen atoms in total. The molecule has 78 valence electrons. The first kappa shape index (κ1) is 9.64. The zero-order valence-electron chi connectivity index (χ0n) is 7.90. The molecule has 1 aromatic heterocycles. The second-order valence-electron chi connectivity index (χ2n) is 3.60. The molecule has 1 atom stereocenters. The fraction of sp³-hybridized carbons (Fsp3) is 0.667. The molecular formula is C9H14N2O3. The molecule has 2 N–H and O–H groups in total. The van der Waals surface area contributed by atoms with Crippen molar-refractivity contribution in [2.75, 3.05) is 19.8 Å². The van der Waals surface area contributed by atoms with Gasteiger partial charge in [0, 0.05) is 19.6 Å². The van der Waals surface area contributed by atoms with E-state index in [0.717, 1.165) is 5.76 Å². The summed E-state index contributed by atoms with van der Waals surface area (Å²) in [4.78, 5) is 3.80. The number of hydrogen-bond acceptors (Lipinski definition) is 5. The first-order valence-corrected chi connectivity index (χ1v) is 4.67. The summed E-state index contributed by atoms with van der Waals surface area (Å²) in [7, 11) is 0. The van der Waals surface area contributed by atoms with Crippen molar-refractivity contribution in [1.82, 2.24) is 10.3 Å². The Labute approximate surface area is 82.1 Å². The van der Waals surface area contributed by atoms with Crippen molar-refractivity contribution in [3.8, 4) is 0 Å². The van der Waals surface area contributed by atoms with Crippen LogP contribution in [0.1, 0.15) is 12.2 Å². The van der Waals surface area contributed by atoms with Gasteiger partial charge in [-0.25, -0.2) is 4.98 Å². The summed E-state index contributed by atoms with van der Waals surface area (Å²) in [6.07, 6.45) is 3.74. The van der Waals surface area contributed by atoms with Gasteiger partial charge in [0.1, 0.15) is 11.4 Å². The summed E-state index contributed by atoms with van der Waals surface area (Å²) in [6, 6.07) is 0. The predicted octanol–water partition coefficient (Wildman–Crippen LogP) is -0.0844. The molecule has 1 aliphatic heterocycles. The molecule has 0 saturated carbocycles. The molecule has 0 aliphatic carbocycles. The van der Waals surface area contributed by atoms with E-state index in [0.29, 0.717) is 32.7 Å². The van der Waals surface area contributed by atoms with Crippen molar-refractivity contribution in [3.63, 3.8) is 0 Å². The van der Waals surface area contributed by atoms with E-state index in [9.17, 15) is 5.11 Å². The Morgan fingerprint density at radius 2 is 2.57 bits per heavy atom. The van der Waals surface area contributed by atoms with Gasteiger partial charge < -0.3 is 19.6 Å². The fourth-order valence-corrected chi connectivity index (χ4v) is 1.48. The van der Waals surface area contributed by atoms with Crippen LogP contribution in [-0.4, -0.2) is 35.5 Å². The van der Waals surface area contributed by atoms with Gasteiger partial charge in [-0.2, -0.15) is 0 Å². The zero-order valence-corrected chi connectivity index (χ0v) is 7.90. The maximum atomic E-state index is 9.89. The van der Waals surface area contributed by atoms with Gasteiger partial charge >= 0.3 is 0 Å². The third-order valence-electron chi connectivity index (χ3n) is 2.32. The lowest BCUT2D eigenvalue weighted by molar-refractivity contribution is 0.0265. The molecule has 0 aromatic carbocycles. The molecule has 14 heavy (non-hydrogen) atoms. The van der Waals surface area contributed by atoms with Crippen LogP contribution in [0.15, 0.2) is 17.0 Å². The van der Waals surface area contributed by atoms with Gasteiger partial charge in [-0.3, -0.25) is 0 Å². The minimum Gasteiger partial charge on any atom is -0.447 e. The van der Waals surface area contributed by atoms with E-state index in [2.05, 4.69) is 10.3 Å². The highest BCUT2D eigenvalue weighted by Gasteiger charge is 2.31. The van der Waals surface area contributed by atoms with Crippen LogP contribution in [0.5, 0.6) is 0 Å². The summed E-state index contributed by atoms with van der Waals surface area (Å²) in [5, 5.41) is 13.0. The van der Waals surface area contributed by atoms with Crippen molar-refractivity contribution in [2.24, 2.45) is 0 Å². The molecule has 5 heteroatoms. The topological polar surface area (TPSA) is 67.5 Å². The number of hydrogen-bond donors (Lipinski definition) is 2. The van der Waals surface area contributed by atoms with Crippen LogP contribution in [0, 0.1) is 0 Å². The Morgan fingerprint density at radius 1 is 1.64 bits per heavy atom. The van der Waals surface area contributed by atoms with Crippen LogP contribution in [-0.2, 0) is 11.3 Å². The molecule has 0 amide bonds. The predicted molar refractivity (Wildman–Crippen MR) is 48.6 cm³/mol. The quantitative estimate of drug-likeness (QED) is 0.708. The first-order chi connectivity index (χ1) is 6.79. The summed E-state index contributed by atoms with van der Waals surface area (Å²) >= 11 is 0. The molecule has 1 aliphatic rings. The Bertz CT molecular complexity index is 268. The van der Waals surface area contributed by atoms with Gasteiger partial charge in [0.15, 0.2) is 6.39 Å². The summed E-state index contributed by atoms with van der Waals surface area (Å²) in [6.45, 7) is 2.16. The number of nitrogens with zero attached hydrogens (tertiary/aromatic N) is 1. The largest absolute Gasteiger partial charge is 0.447 e. The van der Waals surface area contributed by atoms with Crippen molar-refractivity contribution in [2.45, 2.75) is 18.6 Å². The number of ether oxygens (including phenoxy) is 1. The lowest BCUT2D eigenvalue weighted by Crippen LogP contribution is -2.40. The molecule has 1 fully saturated rings. The van der Waals surface area contributed by atoms with Gasteiger partial charge in [0.25, 0.3) is 0 Å². The van der Waals surface area contributed by atoms with Crippen LogP contribution in [0.3, 0.4) is 0 Å². The Hall–Kier alpha value is -0.910. The van der Waals surface area contributed by atoms with E-state index in [-0.39, 0.29) is 0 Å². The second kappa shape index (κ2) is 4.08. The molecule has 1 unspecified atom stereocenters. The third kappa shape index (κ3) is 2.31. The van der Waals surface area contributed by atoms with Gasteiger partial charge in [0.2, 0.25) is 0 Å². The highest BCUT2D eigenvalue weighted by molar-refractivity contribution is 4.90. The maximum Gasteiger partial charge on any atom is 0.180 e. The van der Waals surface area contributed by atoms with E-state index < -0.39 is 5.60 Å². The normalized spacial score (nSPS) is 26.9. The monoisotopic (exact) mass is 198 g/mol. The molecular weight excluding hydrogens is 184 g/mol. The van der Waals surface area contributed by atoms with Crippen molar-refractivity contribution in [3.05, 3.63) is 18.4 Å². The smallest absolute Gasteiger partial charge is 0.180 e. The minimum atomic E-state index is -0.708. The van der Waals surface area contributed by atoms with Crippen molar-refractivity contribution >= 4 is 0 Å². The second-order valence-corrected chi connectivity index (χ2v) is 3.60. The molecule has 1 saturated heterocycles. The van der Waals surface area contributed by atoms with Crippen LogP contribution in [0.4, 0.5) is 0 Å². The van der Waals surface area contributed by atoms with E-state index in [1.165, 1.54) is 6.39 Å². The van der Waals surface area contributed by atoms with E-state index in [1.807, 2.05) is 0 Å². The van der Waals surface area contributed by atoms with Gasteiger partial charge in [0.05, 0.1) is 19.3 Å². The summed E-state index contributed by atoms with van der Waals surface area (Å²) < 4.78 is 10.2. The average molecular weight is 198 g/mol. The molecule has 0 bridgehead atoms. The van der Waals surface area contributed by atoms with Crippen molar-refractivity contribution in [1.29, 1.82) is 0 Å². The number of aliphatic hydroxyl groups is 1. The maximum absolute atomic E-state index is 9.89.